The first-order valence-electron chi connectivity index (χ1n) is 8.22. The number of halogens is 2. The Morgan fingerprint density at radius 1 is 1.21 bits per heavy atom. The number of nitriles is 1. The number of hydrogen-bond donors (Lipinski definition) is 1. The van der Waals surface area contributed by atoms with Gasteiger partial charge < -0.3 is 15.1 Å². The van der Waals surface area contributed by atoms with Crippen molar-refractivity contribution in [3.05, 3.63) is 28.2 Å². The molecule has 3 rings (SSSR count). The van der Waals surface area contributed by atoms with Crippen molar-refractivity contribution in [2.75, 3.05) is 31.1 Å². The molecule has 1 atom stereocenters. The molecule has 2 amide bonds. The van der Waals surface area contributed by atoms with E-state index in [9.17, 15) is 4.79 Å². The molecule has 0 aromatic heterocycles. The maximum atomic E-state index is 12.4. The second-order valence-electron chi connectivity index (χ2n) is 6.37. The minimum absolute atomic E-state index is 0.0274. The first-order valence-corrected chi connectivity index (χ1v) is 8.97. The SMILES string of the molecule is N#CC1CCN(C(=O)NC2CCN(c3ccc(Cl)cc3Cl)C2)CC1. The number of rotatable bonds is 2. The second kappa shape index (κ2) is 7.50. The number of urea groups is 1. The van der Waals surface area contributed by atoms with Crippen LogP contribution in [0.3, 0.4) is 0 Å². The molecule has 1 aromatic rings. The van der Waals surface area contributed by atoms with Crippen LogP contribution in [-0.2, 0) is 0 Å². The van der Waals surface area contributed by atoms with E-state index in [4.69, 9.17) is 28.5 Å². The molecule has 0 bridgehead atoms. The smallest absolute Gasteiger partial charge is 0.317 e. The highest BCUT2D eigenvalue weighted by Gasteiger charge is 2.28. The number of piperidine rings is 1. The third-order valence-electron chi connectivity index (χ3n) is 4.73. The summed E-state index contributed by atoms with van der Waals surface area (Å²) in [6.07, 6.45) is 2.42. The zero-order valence-corrected chi connectivity index (χ0v) is 14.9. The van der Waals surface area contributed by atoms with Crippen LogP contribution in [0.4, 0.5) is 10.5 Å². The third kappa shape index (κ3) is 3.88. The van der Waals surface area contributed by atoms with Crippen molar-refractivity contribution in [2.24, 2.45) is 5.92 Å². The summed E-state index contributed by atoms with van der Waals surface area (Å²) < 4.78 is 0. The zero-order chi connectivity index (χ0) is 17.1. The first kappa shape index (κ1) is 17.2. The van der Waals surface area contributed by atoms with Gasteiger partial charge in [0.1, 0.15) is 0 Å². The molecule has 1 N–H and O–H groups in total. The predicted octanol–water partition coefficient (Wildman–Crippen LogP) is 3.52. The van der Waals surface area contributed by atoms with E-state index in [0.29, 0.717) is 23.1 Å². The van der Waals surface area contributed by atoms with Crippen molar-refractivity contribution in [3.63, 3.8) is 0 Å². The van der Waals surface area contributed by atoms with Gasteiger partial charge in [-0.2, -0.15) is 5.26 Å². The molecule has 24 heavy (non-hydrogen) atoms. The number of carbonyl (C=O) groups is 1. The Morgan fingerprint density at radius 3 is 2.62 bits per heavy atom. The minimum atomic E-state index is -0.0274. The Bertz CT molecular complexity index is 652. The van der Waals surface area contributed by atoms with E-state index >= 15 is 0 Å². The van der Waals surface area contributed by atoms with Gasteiger partial charge in [0.15, 0.2) is 0 Å². The minimum Gasteiger partial charge on any atom is -0.368 e. The summed E-state index contributed by atoms with van der Waals surface area (Å²) in [6, 6.07) is 7.85. The average Bonchev–Trinajstić information content (AvgIpc) is 3.03. The first-order chi connectivity index (χ1) is 11.6. The van der Waals surface area contributed by atoms with E-state index in [1.54, 1.807) is 6.07 Å². The van der Waals surface area contributed by atoms with Crippen LogP contribution in [0, 0.1) is 17.2 Å². The van der Waals surface area contributed by atoms with E-state index < -0.39 is 0 Å². The highest BCUT2D eigenvalue weighted by molar-refractivity contribution is 6.36. The molecule has 2 fully saturated rings. The molecule has 128 valence electrons. The third-order valence-corrected chi connectivity index (χ3v) is 5.27. The number of hydrogen-bond acceptors (Lipinski definition) is 3. The molecule has 7 heteroatoms. The van der Waals surface area contributed by atoms with Gasteiger partial charge in [-0.25, -0.2) is 4.79 Å². The van der Waals surface area contributed by atoms with E-state index in [0.717, 1.165) is 38.0 Å². The number of amides is 2. The molecule has 2 aliphatic heterocycles. The van der Waals surface area contributed by atoms with Gasteiger partial charge in [-0.1, -0.05) is 23.2 Å². The van der Waals surface area contributed by atoms with Gasteiger partial charge in [0.05, 0.1) is 16.8 Å². The Kier molecular flexibility index (Phi) is 5.37. The largest absolute Gasteiger partial charge is 0.368 e. The van der Waals surface area contributed by atoms with E-state index in [-0.39, 0.29) is 18.0 Å². The molecule has 1 unspecified atom stereocenters. The molecule has 0 spiro atoms. The number of anilines is 1. The fourth-order valence-corrected chi connectivity index (χ4v) is 3.84. The Balaban J connectivity index is 1.53. The lowest BCUT2D eigenvalue weighted by atomic mass is 9.99. The van der Waals surface area contributed by atoms with Gasteiger partial charge in [-0.15, -0.1) is 0 Å². The van der Waals surface area contributed by atoms with Gasteiger partial charge in [-0.05, 0) is 37.5 Å². The summed E-state index contributed by atoms with van der Waals surface area (Å²) >= 11 is 12.2. The van der Waals surface area contributed by atoms with Gasteiger partial charge in [0.2, 0.25) is 0 Å². The maximum Gasteiger partial charge on any atom is 0.317 e. The summed E-state index contributed by atoms with van der Waals surface area (Å²) in [5, 5.41) is 13.3. The Labute approximate surface area is 152 Å². The molecular formula is C17H20Cl2N4O. The number of nitrogens with zero attached hydrogens (tertiary/aromatic N) is 3. The molecule has 0 saturated carbocycles. The zero-order valence-electron chi connectivity index (χ0n) is 13.3. The van der Waals surface area contributed by atoms with Crippen LogP contribution in [0.5, 0.6) is 0 Å². The Hall–Kier alpha value is -1.64. The van der Waals surface area contributed by atoms with Crippen LogP contribution >= 0.6 is 23.2 Å². The predicted molar refractivity (Wildman–Crippen MR) is 95.5 cm³/mol. The lowest BCUT2D eigenvalue weighted by Gasteiger charge is -2.30. The topological polar surface area (TPSA) is 59.4 Å². The molecule has 2 saturated heterocycles. The van der Waals surface area contributed by atoms with Crippen molar-refractivity contribution >= 4 is 34.9 Å². The number of likely N-dealkylation sites (tertiary alicyclic amines) is 1. The molecule has 2 heterocycles. The van der Waals surface area contributed by atoms with Crippen LogP contribution in [-0.4, -0.2) is 43.2 Å². The van der Waals surface area contributed by atoms with Crippen LogP contribution in [0.25, 0.3) is 0 Å². The summed E-state index contributed by atoms with van der Waals surface area (Å²) in [6.45, 7) is 2.90. The molecule has 0 aliphatic carbocycles. The average molecular weight is 367 g/mol. The molecular weight excluding hydrogens is 347 g/mol. The summed E-state index contributed by atoms with van der Waals surface area (Å²) in [7, 11) is 0. The Morgan fingerprint density at radius 2 is 1.96 bits per heavy atom. The number of carbonyl (C=O) groups excluding carboxylic acids is 1. The highest BCUT2D eigenvalue weighted by atomic mass is 35.5. The molecule has 2 aliphatic rings. The fourth-order valence-electron chi connectivity index (χ4n) is 3.31. The normalized spacial score (nSPS) is 21.6. The number of nitrogens with one attached hydrogen (secondary N) is 1. The van der Waals surface area contributed by atoms with Crippen molar-refractivity contribution in [1.82, 2.24) is 10.2 Å². The van der Waals surface area contributed by atoms with E-state index in [1.807, 2.05) is 17.0 Å². The van der Waals surface area contributed by atoms with Crippen LogP contribution in [0.15, 0.2) is 18.2 Å². The van der Waals surface area contributed by atoms with Gasteiger partial charge >= 0.3 is 6.03 Å². The van der Waals surface area contributed by atoms with E-state index in [2.05, 4.69) is 16.3 Å². The second-order valence-corrected chi connectivity index (χ2v) is 7.21. The van der Waals surface area contributed by atoms with Crippen LogP contribution in [0.1, 0.15) is 19.3 Å². The monoisotopic (exact) mass is 366 g/mol. The van der Waals surface area contributed by atoms with E-state index in [1.165, 1.54) is 0 Å². The molecule has 5 nitrogen and oxygen atoms in total. The molecule has 1 aromatic carbocycles. The van der Waals surface area contributed by atoms with Crippen molar-refractivity contribution in [2.45, 2.75) is 25.3 Å². The van der Waals surface area contributed by atoms with Crippen LogP contribution in [0.2, 0.25) is 10.0 Å². The van der Waals surface area contributed by atoms with Gasteiger partial charge in [0, 0.05) is 43.2 Å². The number of benzene rings is 1. The van der Waals surface area contributed by atoms with Crippen molar-refractivity contribution < 1.29 is 4.79 Å². The van der Waals surface area contributed by atoms with Crippen molar-refractivity contribution in [3.8, 4) is 6.07 Å². The summed E-state index contributed by atoms with van der Waals surface area (Å²) in [5.41, 5.74) is 0.952. The van der Waals surface area contributed by atoms with Crippen molar-refractivity contribution in [1.29, 1.82) is 5.26 Å². The maximum absolute atomic E-state index is 12.4. The summed E-state index contributed by atoms with van der Waals surface area (Å²) in [4.78, 5) is 16.4. The lowest BCUT2D eigenvalue weighted by molar-refractivity contribution is 0.176. The summed E-state index contributed by atoms with van der Waals surface area (Å²) in [5.74, 6) is 0.0862. The fraction of sp³-hybridized carbons (Fsp3) is 0.529. The highest BCUT2D eigenvalue weighted by Crippen LogP contribution is 2.31. The van der Waals surface area contributed by atoms with Crippen LogP contribution < -0.4 is 10.2 Å². The lowest BCUT2D eigenvalue weighted by Crippen LogP contribution is -2.48. The van der Waals surface area contributed by atoms with Gasteiger partial charge in [-0.3, -0.25) is 0 Å². The standard InChI is InChI=1S/C17H20Cl2N4O/c18-13-1-2-16(15(19)9-13)23-8-5-14(11-23)21-17(24)22-6-3-12(10-20)4-7-22/h1-2,9,12,14H,3-8,11H2,(H,21,24). The molecule has 0 radical (unpaired) electrons. The quantitative estimate of drug-likeness (QED) is 0.870. The van der Waals surface area contributed by atoms with Gasteiger partial charge in [0.25, 0.3) is 0 Å².